The standard InChI is InChI=1S/C17H16F3N3O3/c1-16(2)12-7-21-13(11(12)8-23(16)15(25)26)22-14(24)9-3-5-10(6-4-9)17(18,19)20/h3-6H,7-8H2,1-2H3,(H,25,26)(H,21,22,24). The van der Waals surface area contributed by atoms with Crippen LogP contribution in [-0.4, -0.2) is 46.5 Å². The summed E-state index contributed by atoms with van der Waals surface area (Å²) >= 11 is 0. The number of aliphatic imine (C=N–C) groups is 1. The highest BCUT2D eigenvalue weighted by Gasteiger charge is 2.45. The molecule has 0 saturated heterocycles. The Morgan fingerprint density at radius 1 is 1.23 bits per heavy atom. The van der Waals surface area contributed by atoms with Gasteiger partial charge in [-0.05, 0) is 43.7 Å². The summed E-state index contributed by atoms with van der Waals surface area (Å²) < 4.78 is 37.8. The van der Waals surface area contributed by atoms with Gasteiger partial charge in [0.25, 0.3) is 5.91 Å². The van der Waals surface area contributed by atoms with E-state index >= 15 is 0 Å². The minimum atomic E-state index is -4.47. The monoisotopic (exact) mass is 367 g/mol. The molecular formula is C17H16F3N3O3. The summed E-state index contributed by atoms with van der Waals surface area (Å²) in [6.45, 7) is 3.90. The summed E-state index contributed by atoms with van der Waals surface area (Å²) in [6, 6.07) is 3.85. The number of rotatable bonds is 1. The van der Waals surface area contributed by atoms with Crippen molar-refractivity contribution in [1.29, 1.82) is 0 Å². The van der Waals surface area contributed by atoms with Crippen LogP contribution in [-0.2, 0) is 6.18 Å². The van der Waals surface area contributed by atoms with Crippen LogP contribution in [0.4, 0.5) is 18.0 Å². The Hall–Kier alpha value is -2.84. The van der Waals surface area contributed by atoms with E-state index in [1.54, 1.807) is 13.8 Å². The Kier molecular flexibility index (Phi) is 4.05. The highest BCUT2D eigenvalue weighted by atomic mass is 19.4. The lowest BCUT2D eigenvalue weighted by molar-refractivity contribution is -0.137. The van der Waals surface area contributed by atoms with Gasteiger partial charge in [0, 0.05) is 11.1 Å². The van der Waals surface area contributed by atoms with Gasteiger partial charge in [-0.25, -0.2) is 4.79 Å². The van der Waals surface area contributed by atoms with Crippen LogP contribution >= 0.6 is 0 Å². The maximum absolute atomic E-state index is 12.6. The van der Waals surface area contributed by atoms with E-state index in [1.165, 1.54) is 4.90 Å². The fourth-order valence-corrected chi connectivity index (χ4v) is 3.16. The molecule has 2 aliphatic rings. The molecule has 1 aromatic carbocycles. The van der Waals surface area contributed by atoms with E-state index in [9.17, 15) is 27.9 Å². The summed E-state index contributed by atoms with van der Waals surface area (Å²) in [5.74, 6) is -0.334. The van der Waals surface area contributed by atoms with E-state index < -0.39 is 29.3 Å². The highest BCUT2D eigenvalue weighted by molar-refractivity contribution is 6.14. The average molecular weight is 367 g/mol. The van der Waals surface area contributed by atoms with Gasteiger partial charge in [-0.2, -0.15) is 13.2 Å². The number of benzene rings is 1. The fraction of sp³-hybridized carbons (Fsp3) is 0.353. The third-order valence-electron chi connectivity index (χ3n) is 4.71. The summed E-state index contributed by atoms with van der Waals surface area (Å²) in [4.78, 5) is 29.2. The van der Waals surface area contributed by atoms with Crippen LogP contribution in [0.15, 0.2) is 40.4 Å². The number of hydrogen-bond donors (Lipinski definition) is 2. The molecule has 0 spiro atoms. The number of nitrogens with one attached hydrogen (secondary N) is 1. The summed E-state index contributed by atoms with van der Waals surface area (Å²) in [5, 5.41) is 11.9. The third kappa shape index (κ3) is 2.93. The van der Waals surface area contributed by atoms with Crippen LogP contribution in [0.25, 0.3) is 0 Å². The van der Waals surface area contributed by atoms with Crippen LogP contribution in [0.3, 0.4) is 0 Å². The first-order valence-corrected chi connectivity index (χ1v) is 7.78. The van der Waals surface area contributed by atoms with Gasteiger partial charge in [0.15, 0.2) is 0 Å². The number of alkyl halides is 3. The molecule has 0 fully saturated rings. The molecular weight excluding hydrogens is 351 g/mol. The fourth-order valence-electron chi connectivity index (χ4n) is 3.16. The number of hydrogen-bond acceptors (Lipinski definition) is 3. The van der Waals surface area contributed by atoms with Crippen molar-refractivity contribution in [3.63, 3.8) is 0 Å². The second-order valence-electron chi connectivity index (χ2n) is 6.58. The topological polar surface area (TPSA) is 82.0 Å². The number of halogens is 3. The van der Waals surface area contributed by atoms with E-state index in [4.69, 9.17) is 0 Å². The normalized spacial score (nSPS) is 18.7. The van der Waals surface area contributed by atoms with Gasteiger partial charge >= 0.3 is 12.3 Å². The molecule has 138 valence electrons. The van der Waals surface area contributed by atoms with Crippen molar-refractivity contribution in [2.75, 3.05) is 13.1 Å². The number of carboxylic acid groups (broad SMARTS) is 1. The molecule has 0 radical (unpaired) electrons. The molecule has 9 heteroatoms. The van der Waals surface area contributed by atoms with E-state index in [0.717, 1.165) is 29.8 Å². The predicted octanol–water partition coefficient (Wildman–Crippen LogP) is 2.92. The first-order chi connectivity index (χ1) is 12.0. The Balaban J connectivity index is 1.76. The molecule has 0 aliphatic carbocycles. The number of carbonyl (C=O) groups is 2. The van der Waals surface area contributed by atoms with Gasteiger partial charge in [-0.1, -0.05) is 0 Å². The van der Waals surface area contributed by atoms with E-state index in [-0.39, 0.29) is 24.5 Å². The van der Waals surface area contributed by atoms with Crippen LogP contribution in [0.5, 0.6) is 0 Å². The van der Waals surface area contributed by atoms with Crippen molar-refractivity contribution in [3.05, 3.63) is 46.5 Å². The second-order valence-corrected chi connectivity index (χ2v) is 6.58. The van der Waals surface area contributed by atoms with Gasteiger partial charge in [-0.3, -0.25) is 14.7 Å². The number of amidine groups is 1. The maximum atomic E-state index is 12.6. The Morgan fingerprint density at radius 3 is 2.38 bits per heavy atom. The molecule has 6 nitrogen and oxygen atoms in total. The summed E-state index contributed by atoms with van der Waals surface area (Å²) in [7, 11) is 0. The summed E-state index contributed by atoms with van der Waals surface area (Å²) in [5.41, 5.74) is -0.0693. The molecule has 0 unspecified atom stereocenters. The molecule has 0 saturated carbocycles. The zero-order valence-electron chi connectivity index (χ0n) is 14.0. The molecule has 3 rings (SSSR count). The third-order valence-corrected chi connectivity index (χ3v) is 4.71. The Bertz CT molecular complexity index is 839. The van der Waals surface area contributed by atoms with Crippen LogP contribution in [0.1, 0.15) is 29.8 Å². The zero-order chi connectivity index (χ0) is 19.3. The van der Waals surface area contributed by atoms with Crippen molar-refractivity contribution >= 4 is 17.8 Å². The SMILES string of the molecule is CC1(C)C2=C(CN1C(=O)O)C(NC(=O)c1ccc(C(F)(F)F)cc1)=NC2. The Labute approximate surface area is 147 Å². The number of carbonyl (C=O) groups excluding carboxylic acids is 1. The lowest BCUT2D eigenvalue weighted by Crippen LogP contribution is -2.45. The first-order valence-electron chi connectivity index (χ1n) is 7.78. The first kappa shape index (κ1) is 18.0. The van der Waals surface area contributed by atoms with Gasteiger partial charge in [0.05, 0.1) is 24.2 Å². The van der Waals surface area contributed by atoms with Gasteiger partial charge < -0.3 is 10.4 Å². The molecule has 2 heterocycles. The lowest BCUT2D eigenvalue weighted by Gasteiger charge is -2.31. The molecule has 2 N–H and O–H groups in total. The van der Waals surface area contributed by atoms with Crippen LogP contribution in [0.2, 0.25) is 0 Å². The molecule has 1 aromatic rings. The lowest BCUT2D eigenvalue weighted by atomic mass is 9.94. The van der Waals surface area contributed by atoms with Crippen molar-refractivity contribution in [2.45, 2.75) is 25.6 Å². The van der Waals surface area contributed by atoms with E-state index in [2.05, 4.69) is 10.3 Å². The van der Waals surface area contributed by atoms with E-state index in [0.29, 0.717) is 5.57 Å². The van der Waals surface area contributed by atoms with Gasteiger partial charge in [0.2, 0.25) is 0 Å². The van der Waals surface area contributed by atoms with Gasteiger partial charge in [-0.15, -0.1) is 0 Å². The average Bonchev–Trinajstić information content (AvgIpc) is 3.05. The number of amides is 2. The zero-order valence-corrected chi connectivity index (χ0v) is 14.0. The van der Waals surface area contributed by atoms with Gasteiger partial charge in [0.1, 0.15) is 5.84 Å². The molecule has 2 aliphatic heterocycles. The smallest absolute Gasteiger partial charge is 0.416 e. The van der Waals surface area contributed by atoms with Crippen LogP contribution < -0.4 is 5.32 Å². The maximum Gasteiger partial charge on any atom is 0.416 e. The molecule has 0 aromatic heterocycles. The van der Waals surface area contributed by atoms with E-state index in [1.807, 2.05) is 0 Å². The largest absolute Gasteiger partial charge is 0.465 e. The molecule has 0 atom stereocenters. The van der Waals surface area contributed by atoms with Crippen molar-refractivity contribution < 1.29 is 27.9 Å². The quantitative estimate of drug-likeness (QED) is 0.801. The van der Waals surface area contributed by atoms with Crippen molar-refractivity contribution in [2.24, 2.45) is 4.99 Å². The molecule has 0 bridgehead atoms. The summed E-state index contributed by atoms with van der Waals surface area (Å²) in [6.07, 6.45) is -5.54. The minimum Gasteiger partial charge on any atom is -0.465 e. The van der Waals surface area contributed by atoms with Crippen molar-refractivity contribution in [3.8, 4) is 0 Å². The van der Waals surface area contributed by atoms with Crippen LogP contribution in [0, 0.1) is 0 Å². The minimum absolute atomic E-state index is 0.0575. The number of nitrogens with zero attached hydrogens (tertiary/aromatic N) is 2. The Morgan fingerprint density at radius 2 is 1.85 bits per heavy atom. The molecule has 26 heavy (non-hydrogen) atoms. The van der Waals surface area contributed by atoms with Crippen molar-refractivity contribution in [1.82, 2.24) is 10.2 Å². The highest BCUT2D eigenvalue weighted by Crippen LogP contribution is 2.37. The predicted molar refractivity (Wildman–Crippen MR) is 87.0 cm³/mol. The molecule has 2 amide bonds. The second kappa shape index (κ2) is 5.86.